The molecule has 3 heterocycles. The summed E-state index contributed by atoms with van der Waals surface area (Å²) in [6.07, 6.45) is -8.90. The van der Waals surface area contributed by atoms with E-state index < -0.39 is 23.8 Å². The van der Waals surface area contributed by atoms with Gasteiger partial charge in [-0.2, -0.15) is 26.3 Å². The van der Waals surface area contributed by atoms with Crippen molar-refractivity contribution < 1.29 is 31.1 Å². The van der Waals surface area contributed by atoms with Gasteiger partial charge in [0.05, 0.1) is 21.3 Å². The Hall–Kier alpha value is -3.06. The van der Waals surface area contributed by atoms with Crippen molar-refractivity contribution in [2.24, 2.45) is 0 Å². The third-order valence-electron chi connectivity index (χ3n) is 5.03. The standard InChI is InChI=1S/C20H14ClF6N5OS/c21-13-3-10-7-32(17(33)20(25,26)27)2-1-9(10)4-14(13)30-18-29-6-12(19(22,23)24)16(31-18)15-5-11(28)8-34-15/h3-6,8H,1-2,7,28H2,(H,29,30,31). The van der Waals surface area contributed by atoms with Crippen LogP contribution in [0.25, 0.3) is 10.6 Å². The highest BCUT2D eigenvalue weighted by Crippen LogP contribution is 2.39. The molecule has 4 rings (SSSR count). The highest BCUT2D eigenvalue weighted by atomic mass is 35.5. The molecule has 0 atom stereocenters. The van der Waals surface area contributed by atoms with Crippen LogP contribution in [0.2, 0.25) is 5.02 Å². The molecule has 2 aromatic heterocycles. The lowest BCUT2D eigenvalue weighted by molar-refractivity contribution is -0.186. The number of anilines is 3. The molecule has 0 aliphatic carbocycles. The first-order valence-electron chi connectivity index (χ1n) is 9.56. The molecule has 0 unspecified atom stereocenters. The Morgan fingerprint density at radius 3 is 2.50 bits per heavy atom. The monoisotopic (exact) mass is 521 g/mol. The van der Waals surface area contributed by atoms with E-state index in [1.54, 1.807) is 6.07 Å². The van der Waals surface area contributed by atoms with Gasteiger partial charge in [0.15, 0.2) is 0 Å². The van der Waals surface area contributed by atoms with Gasteiger partial charge in [0.25, 0.3) is 0 Å². The van der Waals surface area contributed by atoms with Crippen molar-refractivity contribution >= 4 is 46.2 Å². The fraction of sp³-hybridized carbons (Fsp3) is 0.250. The van der Waals surface area contributed by atoms with E-state index in [1.807, 2.05) is 0 Å². The van der Waals surface area contributed by atoms with Gasteiger partial charge in [0.2, 0.25) is 5.95 Å². The lowest BCUT2D eigenvalue weighted by atomic mass is 9.99. The number of hydrogen-bond donors (Lipinski definition) is 2. The van der Waals surface area contributed by atoms with Crippen molar-refractivity contribution in [2.75, 3.05) is 17.6 Å². The van der Waals surface area contributed by atoms with E-state index in [1.165, 1.54) is 17.5 Å². The van der Waals surface area contributed by atoms with Crippen LogP contribution in [0.4, 0.5) is 43.7 Å². The summed E-state index contributed by atoms with van der Waals surface area (Å²) >= 11 is 7.25. The van der Waals surface area contributed by atoms with Gasteiger partial charge in [-0.3, -0.25) is 4.79 Å². The number of carbonyl (C=O) groups is 1. The number of rotatable bonds is 3. The predicted molar refractivity (Wildman–Crippen MR) is 115 cm³/mol. The summed E-state index contributed by atoms with van der Waals surface area (Å²) in [5.41, 5.74) is 5.86. The summed E-state index contributed by atoms with van der Waals surface area (Å²) in [5, 5.41) is 4.33. The molecule has 0 bridgehead atoms. The zero-order valence-electron chi connectivity index (χ0n) is 16.9. The van der Waals surface area contributed by atoms with Gasteiger partial charge in [-0.25, -0.2) is 9.97 Å². The Morgan fingerprint density at radius 1 is 1.15 bits per heavy atom. The van der Waals surface area contributed by atoms with Crippen molar-refractivity contribution in [1.82, 2.24) is 14.9 Å². The van der Waals surface area contributed by atoms with Crippen LogP contribution in [0, 0.1) is 0 Å². The van der Waals surface area contributed by atoms with Crippen LogP contribution in [-0.2, 0) is 23.9 Å². The quantitative estimate of drug-likeness (QED) is 0.435. The second-order valence-corrected chi connectivity index (χ2v) is 8.72. The van der Waals surface area contributed by atoms with Gasteiger partial charge in [0.1, 0.15) is 5.56 Å². The van der Waals surface area contributed by atoms with Gasteiger partial charge in [0, 0.05) is 30.4 Å². The number of fused-ring (bicyclic) bond motifs is 1. The lowest BCUT2D eigenvalue weighted by Crippen LogP contribution is -2.43. The molecule has 0 spiro atoms. The molecule has 3 N–H and O–H groups in total. The molecular weight excluding hydrogens is 508 g/mol. The Kier molecular flexibility index (Phi) is 6.10. The summed E-state index contributed by atoms with van der Waals surface area (Å²) in [6.45, 7) is -0.415. The number of benzene rings is 1. The number of nitrogen functional groups attached to an aromatic ring is 1. The van der Waals surface area contributed by atoms with Crippen LogP contribution < -0.4 is 11.1 Å². The minimum atomic E-state index is -4.98. The number of hydrogen-bond acceptors (Lipinski definition) is 6. The van der Waals surface area contributed by atoms with Gasteiger partial charge in [-0.15, -0.1) is 11.3 Å². The Labute approximate surface area is 197 Å². The van der Waals surface area contributed by atoms with Crippen LogP contribution in [0.15, 0.2) is 29.8 Å². The third kappa shape index (κ3) is 4.89. The van der Waals surface area contributed by atoms with Crippen LogP contribution in [0.5, 0.6) is 0 Å². The SMILES string of the molecule is Nc1csc(-c2nc(Nc3cc4c(cc3Cl)CN(C(=O)C(F)(F)F)CC4)ncc2C(F)(F)F)c1. The van der Waals surface area contributed by atoms with Crippen molar-refractivity contribution in [1.29, 1.82) is 0 Å². The van der Waals surface area contributed by atoms with Crippen LogP contribution in [0.3, 0.4) is 0 Å². The fourth-order valence-electron chi connectivity index (χ4n) is 3.46. The molecule has 0 saturated carbocycles. The van der Waals surface area contributed by atoms with E-state index in [2.05, 4.69) is 15.3 Å². The third-order valence-corrected chi connectivity index (χ3v) is 6.29. The molecule has 6 nitrogen and oxygen atoms in total. The van der Waals surface area contributed by atoms with Crippen LogP contribution in [-0.4, -0.2) is 33.5 Å². The maximum Gasteiger partial charge on any atom is 0.471 e. The zero-order chi connectivity index (χ0) is 24.8. The number of thiophene rings is 1. The normalized spacial score (nSPS) is 14.1. The molecule has 1 aromatic carbocycles. The maximum absolute atomic E-state index is 13.5. The minimum Gasteiger partial charge on any atom is -0.398 e. The van der Waals surface area contributed by atoms with Gasteiger partial charge >= 0.3 is 18.3 Å². The molecule has 0 fully saturated rings. The smallest absolute Gasteiger partial charge is 0.398 e. The number of carbonyl (C=O) groups excluding carboxylic acids is 1. The first-order valence-corrected chi connectivity index (χ1v) is 10.8. The molecule has 0 saturated heterocycles. The molecule has 180 valence electrons. The second kappa shape index (κ2) is 8.62. The molecule has 34 heavy (non-hydrogen) atoms. The van der Waals surface area contributed by atoms with Crippen molar-refractivity contribution in [3.63, 3.8) is 0 Å². The van der Waals surface area contributed by atoms with Gasteiger partial charge in [-0.1, -0.05) is 11.6 Å². The summed E-state index contributed by atoms with van der Waals surface area (Å²) in [5.74, 6) is -2.10. The minimum absolute atomic E-state index is 0.0745. The van der Waals surface area contributed by atoms with E-state index in [9.17, 15) is 31.1 Å². The number of halogens is 7. The molecule has 3 aromatic rings. The molecule has 1 amide bonds. The number of nitrogens with zero attached hydrogens (tertiary/aromatic N) is 3. The molecule has 14 heteroatoms. The first-order chi connectivity index (χ1) is 15.8. The number of nitrogens with two attached hydrogens (primary N) is 1. The van der Waals surface area contributed by atoms with Crippen LogP contribution in [0.1, 0.15) is 16.7 Å². The largest absolute Gasteiger partial charge is 0.471 e. The average molecular weight is 522 g/mol. The zero-order valence-corrected chi connectivity index (χ0v) is 18.5. The maximum atomic E-state index is 13.5. The number of aromatic nitrogens is 2. The van der Waals surface area contributed by atoms with E-state index in [4.69, 9.17) is 17.3 Å². The summed E-state index contributed by atoms with van der Waals surface area (Å²) < 4.78 is 78.6. The van der Waals surface area contributed by atoms with E-state index in [0.29, 0.717) is 22.2 Å². The van der Waals surface area contributed by atoms with Crippen molar-refractivity contribution in [3.05, 3.63) is 51.5 Å². The van der Waals surface area contributed by atoms with Gasteiger partial charge < -0.3 is 16.0 Å². The number of alkyl halides is 6. The summed E-state index contributed by atoms with van der Waals surface area (Å²) in [6, 6.07) is 4.32. The number of nitrogens with one attached hydrogen (secondary N) is 1. The molecular formula is C20H14ClF6N5OS. The first kappa shape index (κ1) is 24.1. The van der Waals surface area contributed by atoms with E-state index in [0.717, 1.165) is 11.3 Å². The Bertz CT molecular complexity index is 1260. The van der Waals surface area contributed by atoms with E-state index in [-0.39, 0.29) is 52.4 Å². The van der Waals surface area contributed by atoms with Crippen molar-refractivity contribution in [2.45, 2.75) is 25.3 Å². The highest BCUT2D eigenvalue weighted by Gasteiger charge is 2.43. The highest BCUT2D eigenvalue weighted by molar-refractivity contribution is 7.14. The second-order valence-electron chi connectivity index (χ2n) is 7.40. The predicted octanol–water partition coefficient (Wildman–Crippen LogP) is 5.65. The molecule has 0 radical (unpaired) electrons. The van der Waals surface area contributed by atoms with Gasteiger partial charge in [-0.05, 0) is 35.7 Å². The Morgan fingerprint density at radius 2 is 1.88 bits per heavy atom. The summed E-state index contributed by atoms with van der Waals surface area (Å²) in [4.78, 5) is 20.2. The lowest BCUT2D eigenvalue weighted by Gasteiger charge is -2.30. The van der Waals surface area contributed by atoms with Crippen molar-refractivity contribution in [3.8, 4) is 10.6 Å². The molecule has 1 aliphatic rings. The topological polar surface area (TPSA) is 84.1 Å². The fourth-order valence-corrected chi connectivity index (χ4v) is 4.50. The van der Waals surface area contributed by atoms with E-state index >= 15 is 0 Å². The number of amides is 1. The molecule has 1 aliphatic heterocycles. The summed E-state index contributed by atoms with van der Waals surface area (Å²) in [7, 11) is 0. The average Bonchev–Trinajstić information content (AvgIpc) is 3.18. The van der Waals surface area contributed by atoms with Crippen LogP contribution >= 0.6 is 22.9 Å². The Balaban J connectivity index is 1.63.